The van der Waals surface area contributed by atoms with E-state index in [2.05, 4.69) is 74.2 Å². The van der Waals surface area contributed by atoms with Crippen molar-refractivity contribution in [2.45, 2.75) is 65.2 Å². The summed E-state index contributed by atoms with van der Waals surface area (Å²) in [7, 11) is 0. The predicted molar refractivity (Wildman–Crippen MR) is 162 cm³/mol. The second-order valence-electron chi connectivity index (χ2n) is 9.86. The lowest BCUT2D eigenvalue weighted by molar-refractivity contribution is 0.302. The van der Waals surface area contributed by atoms with E-state index in [1.807, 2.05) is 12.1 Å². The first-order chi connectivity index (χ1) is 18.7. The summed E-state index contributed by atoms with van der Waals surface area (Å²) in [5.74, 6) is 7.28. The van der Waals surface area contributed by atoms with Crippen molar-refractivity contribution < 1.29 is 9.47 Å². The van der Waals surface area contributed by atoms with Gasteiger partial charge in [-0.15, -0.1) is 12.8 Å². The van der Waals surface area contributed by atoms with Crippen molar-refractivity contribution in [3.05, 3.63) is 71.8 Å². The lowest BCUT2D eigenvalue weighted by Gasteiger charge is -2.20. The Kier molecular flexibility index (Phi) is 9.72. The molecule has 4 aromatic carbocycles. The summed E-state index contributed by atoms with van der Waals surface area (Å²) >= 11 is 0. The number of unbranched alkanes of at least 4 members (excludes halogenated alkanes) is 6. The molecule has 0 aliphatic heterocycles. The Morgan fingerprint density at radius 2 is 1.00 bits per heavy atom. The van der Waals surface area contributed by atoms with Crippen molar-refractivity contribution in [3.8, 4) is 47.3 Å². The molecule has 0 saturated heterocycles. The molecule has 0 unspecified atom stereocenters. The van der Waals surface area contributed by atoms with Gasteiger partial charge in [0.2, 0.25) is 0 Å². The van der Waals surface area contributed by atoms with E-state index in [1.165, 1.54) is 38.5 Å². The molecule has 0 aromatic heterocycles. The van der Waals surface area contributed by atoms with Gasteiger partial charge < -0.3 is 9.47 Å². The van der Waals surface area contributed by atoms with Gasteiger partial charge in [0.25, 0.3) is 0 Å². The lowest BCUT2D eigenvalue weighted by atomic mass is 9.91. The molecule has 2 heteroatoms. The minimum Gasteiger partial charge on any atom is -0.493 e. The first-order valence-corrected chi connectivity index (χ1v) is 14.0. The zero-order chi connectivity index (χ0) is 26.7. The van der Waals surface area contributed by atoms with E-state index in [4.69, 9.17) is 22.3 Å². The molecule has 0 saturated carbocycles. The Bertz CT molecular complexity index is 1350. The topological polar surface area (TPSA) is 18.5 Å². The zero-order valence-corrected chi connectivity index (χ0v) is 22.8. The fraction of sp³-hybridized carbons (Fsp3) is 0.333. The third-order valence-corrected chi connectivity index (χ3v) is 7.06. The average molecular weight is 503 g/mol. The van der Waals surface area contributed by atoms with Gasteiger partial charge in [0.1, 0.15) is 11.5 Å². The molecule has 2 nitrogen and oxygen atoms in total. The van der Waals surface area contributed by atoms with Gasteiger partial charge in [-0.2, -0.15) is 0 Å². The molecule has 0 bridgehead atoms. The largest absolute Gasteiger partial charge is 0.493 e. The molecule has 0 spiro atoms. The summed E-state index contributed by atoms with van der Waals surface area (Å²) in [6.45, 7) is 5.81. The van der Waals surface area contributed by atoms with Crippen LogP contribution in [0.4, 0.5) is 0 Å². The van der Waals surface area contributed by atoms with Gasteiger partial charge in [-0.25, -0.2) is 0 Å². The predicted octanol–water partition coefficient (Wildman–Crippen LogP) is 9.54. The highest BCUT2D eigenvalue weighted by atomic mass is 16.5. The second-order valence-corrected chi connectivity index (χ2v) is 9.86. The number of terminal acetylenes is 2. The van der Waals surface area contributed by atoms with Gasteiger partial charge in [-0.1, -0.05) is 88.5 Å². The fourth-order valence-electron chi connectivity index (χ4n) is 4.98. The van der Waals surface area contributed by atoms with Crippen LogP contribution >= 0.6 is 0 Å². The molecule has 0 N–H and O–H groups in total. The van der Waals surface area contributed by atoms with Crippen LogP contribution in [0.1, 0.15) is 76.3 Å². The van der Waals surface area contributed by atoms with Crippen molar-refractivity contribution in [1.82, 2.24) is 0 Å². The Morgan fingerprint density at radius 1 is 0.553 bits per heavy atom. The van der Waals surface area contributed by atoms with E-state index >= 15 is 0 Å². The van der Waals surface area contributed by atoms with Crippen molar-refractivity contribution in [1.29, 1.82) is 0 Å². The quantitative estimate of drug-likeness (QED) is 0.134. The van der Waals surface area contributed by atoms with Crippen LogP contribution in [0, 0.1) is 24.7 Å². The van der Waals surface area contributed by atoms with E-state index in [0.29, 0.717) is 13.2 Å². The van der Waals surface area contributed by atoms with Crippen molar-refractivity contribution >= 4 is 21.5 Å². The third-order valence-electron chi connectivity index (χ3n) is 7.06. The molecule has 0 heterocycles. The average Bonchev–Trinajstić information content (AvgIpc) is 2.96. The van der Waals surface area contributed by atoms with E-state index in [9.17, 15) is 0 Å². The molecular formula is C36H38O2. The second kappa shape index (κ2) is 13.6. The number of rotatable bonds is 13. The van der Waals surface area contributed by atoms with Crippen molar-refractivity contribution in [3.63, 3.8) is 0 Å². The maximum atomic E-state index is 6.48. The molecule has 0 amide bonds. The van der Waals surface area contributed by atoms with Gasteiger partial charge in [-0.3, -0.25) is 0 Å². The van der Waals surface area contributed by atoms with Crippen molar-refractivity contribution in [2.75, 3.05) is 13.2 Å². The smallest absolute Gasteiger partial charge is 0.127 e. The van der Waals surface area contributed by atoms with Gasteiger partial charge in [-0.05, 0) is 70.8 Å². The van der Waals surface area contributed by atoms with Gasteiger partial charge >= 0.3 is 0 Å². The van der Waals surface area contributed by atoms with E-state index in [0.717, 1.165) is 68.1 Å². The van der Waals surface area contributed by atoms with Gasteiger partial charge in [0, 0.05) is 22.3 Å². The van der Waals surface area contributed by atoms with Crippen LogP contribution in [0.15, 0.2) is 60.7 Å². The molecule has 0 atom stereocenters. The number of ether oxygens (including phenoxy) is 2. The minimum atomic E-state index is 0.681. The van der Waals surface area contributed by atoms with Crippen molar-refractivity contribution in [2.24, 2.45) is 0 Å². The highest BCUT2D eigenvalue weighted by molar-refractivity contribution is 6.10. The summed E-state index contributed by atoms with van der Waals surface area (Å²) in [6.07, 6.45) is 20.7. The molecule has 194 valence electrons. The molecule has 38 heavy (non-hydrogen) atoms. The van der Waals surface area contributed by atoms with Crippen LogP contribution in [0.2, 0.25) is 0 Å². The summed E-state index contributed by atoms with van der Waals surface area (Å²) in [5.41, 5.74) is 3.81. The number of benzene rings is 4. The van der Waals surface area contributed by atoms with E-state index < -0.39 is 0 Å². The third kappa shape index (κ3) is 6.33. The lowest BCUT2D eigenvalue weighted by Crippen LogP contribution is -2.03. The van der Waals surface area contributed by atoms with E-state index in [1.54, 1.807) is 0 Å². The Hall–Kier alpha value is -3.88. The van der Waals surface area contributed by atoms with Crippen LogP contribution in [0.5, 0.6) is 11.5 Å². The SMILES string of the molecule is C#Cc1ccc2c(-c3c(OCCCCCC)ccc4cc(C#C)ccc34)c(OCCCCCC)ccc2c1. The minimum absolute atomic E-state index is 0.681. The highest BCUT2D eigenvalue weighted by Crippen LogP contribution is 2.46. The molecular weight excluding hydrogens is 464 g/mol. The summed E-state index contributed by atoms with van der Waals surface area (Å²) < 4.78 is 13.0. The Morgan fingerprint density at radius 3 is 1.39 bits per heavy atom. The first kappa shape index (κ1) is 27.2. The Balaban J connectivity index is 1.88. The molecule has 0 radical (unpaired) electrons. The summed E-state index contributed by atoms with van der Waals surface area (Å²) in [6, 6.07) is 20.7. The van der Waals surface area contributed by atoms with Crippen LogP contribution in [0.25, 0.3) is 32.7 Å². The maximum Gasteiger partial charge on any atom is 0.127 e. The standard InChI is InChI=1S/C36H38O2/c1-5-9-11-13-23-37-33-21-17-29-25-27(7-3)15-19-31(29)35(33)36-32-20-16-28(8-4)26-30(32)18-22-34(36)38-24-14-12-10-6-2/h3-4,15-22,25-26H,5-6,9-14,23-24H2,1-2H3. The van der Waals surface area contributed by atoms with E-state index in [-0.39, 0.29) is 0 Å². The van der Waals surface area contributed by atoms with Crippen LogP contribution in [0.3, 0.4) is 0 Å². The fourth-order valence-corrected chi connectivity index (χ4v) is 4.98. The monoisotopic (exact) mass is 502 g/mol. The van der Waals surface area contributed by atoms with Crippen LogP contribution in [-0.2, 0) is 0 Å². The number of fused-ring (bicyclic) bond motifs is 2. The number of hydrogen-bond acceptors (Lipinski definition) is 2. The highest BCUT2D eigenvalue weighted by Gasteiger charge is 2.19. The van der Waals surface area contributed by atoms with Gasteiger partial charge in [0.05, 0.1) is 13.2 Å². The van der Waals surface area contributed by atoms with Crippen LogP contribution in [-0.4, -0.2) is 13.2 Å². The van der Waals surface area contributed by atoms with Crippen LogP contribution < -0.4 is 9.47 Å². The molecule has 0 aliphatic carbocycles. The summed E-state index contributed by atoms with van der Waals surface area (Å²) in [5, 5.41) is 4.36. The number of hydrogen-bond donors (Lipinski definition) is 0. The zero-order valence-electron chi connectivity index (χ0n) is 22.8. The molecule has 4 aromatic rings. The van der Waals surface area contributed by atoms with Gasteiger partial charge in [0.15, 0.2) is 0 Å². The first-order valence-electron chi connectivity index (χ1n) is 14.0. The normalized spacial score (nSPS) is 10.8. The summed E-state index contributed by atoms with van der Waals surface area (Å²) in [4.78, 5) is 0. The molecule has 4 rings (SSSR count). The molecule has 0 fully saturated rings. The maximum absolute atomic E-state index is 6.48. The molecule has 0 aliphatic rings. The Labute approximate surface area is 228 Å².